The number of nitrogens with two attached hydrogens (primary N) is 1. The first kappa shape index (κ1) is 28.9. The maximum atomic E-state index is 13.6. The summed E-state index contributed by atoms with van der Waals surface area (Å²) < 4.78 is 6.83. The van der Waals surface area contributed by atoms with Gasteiger partial charge in [0.05, 0.1) is 36.4 Å². The van der Waals surface area contributed by atoms with E-state index in [0.29, 0.717) is 33.4 Å². The second-order valence-corrected chi connectivity index (χ2v) is 10.6. The smallest absolute Gasteiger partial charge is 0.350 e. The third-order valence-electron chi connectivity index (χ3n) is 6.76. The highest BCUT2D eigenvalue weighted by Gasteiger charge is 2.44. The van der Waals surface area contributed by atoms with E-state index in [9.17, 15) is 14.9 Å². The zero-order valence-electron chi connectivity index (χ0n) is 22.6. The maximum Gasteiger partial charge on any atom is 0.350 e. The summed E-state index contributed by atoms with van der Waals surface area (Å²) in [5.74, 6) is -0.299. The van der Waals surface area contributed by atoms with Crippen LogP contribution in [0.15, 0.2) is 63.4 Å². The summed E-state index contributed by atoms with van der Waals surface area (Å²) in [7, 11) is 3.08. The lowest BCUT2D eigenvalue weighted by Crippen LogP contribution is -2.51. The number of amidine groups is 1. The maximum absolute atomic E-state index is 13.6. The molecule has 2 N–H and O–H groups in total. The molecule has 2 amide bonds. The molecule has 11 heteroatoms. The van der Waals surface area contributed by atoms with Crippen molar-refractivity contribution < 1.29 is 9.53 Å². The van der Waals surface area contributed by atoms with E-state index in [1.54, 1.807) is 37.4 Å². The zero-order valence-corrected chi connectivity index (χ0v) is 24.2. The van der Waals surface area contributed by atoms with Gasteiger partial charge >= 0.3 is 6.03 Å². The molecule has 4 rings (SSSR count). The fourth-order valence-electron chi connectivity index (χ4n) is 4.87. The molecule has 3 aromatic rings. The standard InChI is InChI=1S/C29H28Cl2N6O3/c1-15(2)25(34-22-11-17(13-32)6-9-23(22)40-5)24-26(20-8-7-18(30)10-16(20)3)37(29(39)35-27(24)33)19-12-21(31)28(38)36(4)14-19/h6-12,14-15,24,26H,1-5H3,(H2,33,35,39). The van der Waals surface area contributed by atoms with Crippen molar-refractivity contribution in [1.29, 1.82) is 5.26 Å². The minimum absolute atomic E-state index is 0.0470. The highest BCUT2D eigenvalue weighted by Crippen LogP contribution is 2.42. The summed E-state index contributed by atoms with van der Waals surface area (Å²) >= 11 is 12.6. The minimum Gasteiger partial charge on any atom is -0.494 e. The van der Waals surface area contributed by atoms with E-state index < -0.39 is 23.6 Å². The first-order valence-electron chi connectivity index (χ1n) is 12.4. The van der Waals surface area contributed by atoms with Gasteiger partial charge < -0.3 is 15.0 Å². The lowest BCUT2D eigenvalue weighted by Gasteiger charge is -2.41. The lowest BCUT2D eigenvalue weighted by molar-refractivity contribution is 0.249. The number of aryl methyl sites for hydroxylation is 2. The van der Waals surface area contributed by atoms with Gasteiger partial charge in [-0.3, -0.25) is 14.7 Å². The number of halogens is 2. The lowest BCUT2D eigenvalue weighted by atomic mass is 9.80. The van der Waals surface area contributed by atoms with Gasteiger partial charge in [-0.1, -0.05) is 43.1 Å². The summed E-state index contributed by atoms with van der Waals surface area (Å²) in [6, 6.07) is 12.6. The Hall–Kier alpha value is -4.13. The number of urea groups is 1. The molecule has 0 saturated carbocycles. The van der Waals surface area contributed by atoms with Crippen molar-refractivity contribution in [2.75, 3.05) is 12.0 Å². The molecule has 40 heavy (non-hydrogen) atoms. The SMILES string of the molecule is COc1ccc(C#N)cc1N=C(C(C)C)C1C(N)=NC(=O)N(c2cc(Cl)c(=O)n(C)c2)C1c1ccc(Cl)cc1C. The van der Waals surface area contributed by atoms with Crippen LogP contribution in [-0.4, -0.2) is 29.3 Å². The average Bonchev–Trinajstić information content (AvgIpc) is 2.90. The monoisotopic (exact) mass is 578 g/mol. The van der Waals surface area contributed by atoms with Gasteiger partial charge in [-0.2, -0.15) is 10.3 Å². The Balaban J connectivity index is 2.04. The summed E-state index contributed by atoms with van der Waals surface area (Å²) in [6.07, 6.45) is 1.53. The van der Waals surface area contributed by atoms with Crippen molar-refractivity contribution in [2.45, 2.75) is 26.8 Å². The Morgan fingerprint density at radius 1 is 1.18 bits per heavy atom. The summed E-state index contributed by atoms with van der Waals surface area (Å²) in [5.41, 5.74) is 9.56. The van der Waals surface area contributed by atoms with E-state index in [1.807, 2.05) is 26.8 Å². The molecule has 9 nitrogen and oxygen atoms in total. The van der Waals surface area contributed by atoms with Crippen LogP contribution in [-0.2, 0) is 7.05 Å². The minimum atomic E-state index is -0.720. The van der Waals surface area contributed by atoms with Crippen LogP contribution in [0, 0.1) is 30.1 Å². The van der Waals surface area contributed by atoms with Crippen LogP contribution in [0.25, 0.3) is 0 Å². The van der Waals surface area contributed by atoms with E-state index in [4.69, 9.17) is 38.7 Å². The molecule has 0 spiro atoms. The Bertz CT molecular complexity index is 1630. The summed E-state index contributed by atoms with van der Waals surface area (Å²) in [6.45, 7) is 5.81. The zero-order chi connectivity index (χ0) is 29.3. The van der Waals surface area contributed by atoms with E-state index in [0.717, 1.165) is 11.1 Å². The molecule has 2 atom stereocenters. The number of nitriles is 1. The largest absolute Gasteiger partial charge is 0.494 e. The van der Waals surface area contributed by atoms with E-state index in [-0.39, 0.29) is 16.8 Å². The van der Waals surface area contributed by atoms with Crippen LogP contribution in [0.5, 0.6) is 5.75 Å². The van der Waals surface area contributed by atoms with Crippen LogP contribution < -0.4 is 20.9 Å². The number of carbonyl (C=O) groups is 1. The van der Waals surface area contributed by atoms with E-state index >= 15 is 0 Å². The number of aromatic nitrogens is 1. The summed E-state index contributed by atoms with van der Waals surface area (Å²) in [4.78, 5) is 36.6. The fourth-order valence-corrected chi connectivity index (χ4v) is 5.34. The number of nitrogens with zero attached hydrogens (tertiary/aromatic N) is 5. The molecule has 1 aliphatic heterocycles. The van der Waals surface area contributed by atoms with Gasteiger partial charge in [-0.25, -0.2) is 4.79 Å². The molecule has 2 aromatic carbocycles. The molecular formula is C29H28Cl2N6O3. The Morgan fingerprint density at radius 2 is 1.90 bits per heavy atom. The van der Waals surface area contributed by atoms with Gasteiger partial charge in [-0.05, 0) is 60.4 Å². The number of methoxy groups -OCH3 is 1. The number of benzene rings is 2. The molecule has 2 unspecified atom stereocenters. The Kier molecular flexibility index (Phi) is 8.33. The van der Waals surface area contributed by atoms with Gasteiger partial charge in [0.1, 0.15) is 22.3 Å². The molecule has 1 aromatic heterocycles. The van der Waals surface area contributed by atoms with Crippen molar-refractivity contribution in [2.24, 2.45) is 34.6 Å². The van der Waals surface area contributed by atoms with Crippen LogP contribution in [0.1, 0.15) is 36.6 Å². The van der Waals surface area contributed by atoms with Crippen molar-refractivity contribution in [3.8, 4) is 11.8 Å². The van der Waals surface area contributed by atoms with Crippen LogP contribution in [0.2, 0.25) is 10.0 Å². The number of amides is 2. The Labute approximate surface area is 242 Å². The Morgan fingerprint density at radius 3 is 2.50 bits per heavy atom. The number of aliphatic imine (C=N–C) groups is 2. The molecule has 0 radical (unpaired) electrons. The van der Waals surface area contributed by atoms with E-state index in [1.165, 1.54) is 28.8 Å². The second kappa shape index (κ2) is 11.5. The number of rotatable bonds is 6. The second-order valence-electron chi connectivity index (χ2n) is 9.76. The molecule has 0 saturated heterocycles. The van der Waals surface area contributed by atoms with E-state index in [2.05, 4.69) is 11.1 Å². The van der Waals surface area contributed by atoms with Gasteiger partial charge in [0.15, 0.2) is 0 Å². The average molecular weight is 579 g/mol. The van der Waals surface area contributed by atoms with Gasteiger partial charge in [0, 0.05) is 24.0 Å². The number of hydrogen-bond donors (Lipinski definition) is 1. The molecule has 0 fully saturated rings. The van der Waals surface area contributed by atoms with Crippen molar-refractivity contribution in [3.05, 3.63) is 85.8 Å². The number of hydrogen-bond acceptors (Lipinski definition) is 6. The first-order chi connectivity index (χ1) is 19.0. The van der Waals surface area contributed by atoms with Crippen molar-refractivity contribution in [3.63, 3.8) is 0 Å². The number of anilines is 1. The molecular weight excluding hydrogens is 551 g/mol. The third-order valence-corrected chi connectivity index (χ3v) is 7.27. The van der Waals surface area contributed by atoms with Gasteiger partial charge in [0.25, 0.3) is 5.56 Å². The number of ether oxygens (including phenoxy) is 1. The molecule has 2 heterocycles. The number of carbonyl (C=O) groups excluding carboxylic acids is 1. The highest BCUT2D eigenvalue weighted by atomic mass is 35.5. The van der Waals surface area contributed by atoms with Gasteiger partial charge in [0.2, 0.25) is 0 Å². The third kappa shape index (κ3) is 5.46. The normalized spacial score (nSPS) is 17.6. The molecule has 0 bridgehead atoms. The fraction of sp³-hybridized carbons (Fsp3) is 0.276. The van der Waals surface area contributed by atoms with Crippen LogP contribution >= 0.6 is 23.2 Å². The molecule has 0 aliphatic carbocycles. The number of pyridine rings is 1. The highest BCUT2D eigenvalue weighted by molar-refractivity contribution is 6.31. The topological polar surface area (TPSA) is 126 Å². The van der Waals surface area contributed by atoms with Crippen LogP contribution in [0.3, 0.4) is 0 Å². The predicted molar refractivity (Wildman–Crippen MR) is 158 cm³/mol. The van der Waals surface area contributed by atoms with Crippen molar-refractivity contribution in [1.82, 2.24) is 4.57 Å². The van der Waals surface area contributed by atoms with Gasteiger partial charge in [-0.15, -0.1) is 0 Å². The predicted octanol–water partition coefficient (Wildman–Crippen LogP) is 5.96. The summed E-state index contributed by atoms with van der Waals surface area (Å²) in [5, 5.41) is 9.98. The van der Waals surface area contributed by atoms with Crippen molar-refractivity contribution >= 4 is 52.2 Å². The molecule has 206 valence electrons. The quantitative estimate of drug-likeness (QED) is 0.361. The molecule has 1 aliphatic rings. The van der Waals surface area contributed by atoms with Crippen LogP contribution in [0.4, 0.5) is 16.2 Å². The first-order valence-corrected chi connectivity index (χ1v) is 13.2.